The van der Waals surface area contributed by atoms with Gasteiger partial charge in [-0.3, -0.25) is 19.9 Å². The average Bonchev–Trinajstić information content (AvgIpc) is 3.29. The molecule has 0 amide bonds. The summed E-state index contributed by atoms with van der Waals surface area (Å²) in [5, 5.41) is 4.96. The first-order valence-electron chi connectivity index (χ1n) is 18.7. The standard InChI is InChI=1S/C52H34N4/c1-2-12-49-41(7-1)30-52(51-14-4-3-13-50(49)51)44-26-42(37-8-5-10-39(23-37)47-28-45(31-55-33-47)35-15-19-53-20-16-35)25-43(27-44)38-9-6-11-40(24-38)48-29-46(32-56-34-48)36-17-21-54-22-18-36/h1-34H. The lowest BCUT2D eigenvalue weighted by Crippen LogP contribution is -1.90. The van der Waals surface area contributed by atoms with Gasteiger partial charge < -0.3 is 0 Å². The van der Waals surface area contributed by atoms with E-state index in [4.69, 9.17) is 0 Å². The normalized spacial score (nSPS) is 11.2. The SMILES string of the molecule is c1cc(-c2cncc(-c3ccncc3)c2)cc(-c2cc(-c3cccc(-c4cncc(-c5ccncc5)c4)c3)cc(-c3cc4ccccc4c4ccccc34)c2)c1. The predicted molar refractivity (Wildman–Crippen MR) is 231 cm³/mol. The molecule has 0 saturated carbocycles. The van der Waals surface area contributed by atoms with Gasteiger partial charge >= 0.3 is 0 Å². The minimum atomic E-state index is 1.06. The lowest BCUT2D eigenvalue weighted by molar-refractivity contribution is 1.30. The van der Waals surface area contributed by atoms with Crippen LogP contribution in [0.3, 0.4) is 0 Å². The Morgan fingerprint density at radius 2 is 0.625 bits per heavy atom. The molecule has 0 saturated heterocycles. The fraction of sp³-hybridized carbons (Fsp3) is 0. The predicted octanol–water partition coefficient (Wildman–Crippen LogP) is 13.2. The number of pyridine rings is 4. The molecule has 6 aromatic carbocycles. The van der Waals surface area contributed by atoms with Gasteiger partial charge in [-0.1, -0.05) is 84.9 Å². The first-order valence-corrected chi connectivity index (χ1v) is 18.7. The molecule has 0 spiro atoms. The number of benzene rings is 6. The van der Waals surface area contributed by atoms with Crippen LogP contribution in [0.15, 0.2) is 207 Å². The lowest BCUT2D eigenvalue weighted by atomic mass is 9.88. The topological polar surface area (TPSA) is 51.6 Å². The molecule has 4 heterocycles. The highest BCUT2D eigenvalue weighted by Gasteiger charge is 2.14. The number of nitrogens with zero attached hydrogens (tertiary/aromatic N) is 4. The van der Waals surface area contributed by atoms with E-state index in [-0.39, 0.29) is 0 Å². The third kappa shape index (κ3) is 6.40. The van der Waals surface area contributed by atoms with E-state index in [0.29, 0.717) is 0 Å². The molecule has 0 bridgehead atoms. The average molecular weight is 715 g/mol. The van der Waals surface area contributed by atoms with Crippen LogP contribution >= 0.6 is 0 Å². The molecule has 10 rings (SSSR count). The van der Waals surface area contributed by atoms with Crippen LogP contribution in [0.4, 0.5) is 0 Å². The molecule has 0 aliphatic rings. The molecule has 0 radical (unpaired) electrons. The molecular weight excluding hydrogens is 681 g/mol. The van der Waals surface area contributed by atoms with E-state index in [2.05, 4.69) is 153 Å². The molecule has 0 unspecified atom stereocenters. The van der Waals surface area contributed by atoms with E-state index in [1.54, 1.807) is 0 Å². The molecular formula is C52H34N4. The van der Waals surface area contributed by atoms with Gasteiger partial charge in [0.05, 0.1) is 0 Å². The molecule has 0 atom stereocenters. The second-order valence-corrected chi connectivity index (χ2v) is 14.0. The molecule has 0 fully saturated rings. The molecule has 0 aliphatic heterocycles. The van der Waals surface area contributed by atoms with Crippen molar-refractivity contribution in [3.63, 3.8) is 0 Å². The Balaban J connectivity index is 1.13. The minimum Gasteiger partial charge on any atom is -0.265 e. The van der Waals surface area contributed by atoms with E-state index in [1.807, 2.05) is 73.8 Å². The summed E-state index contributed by atoms with van der Waals surface area (Å²) >= 11 is 0. The fourth-order valence-corrected chi connectivity index (χ4v) is 7.77. The zero-order valence-electron chi connectivity index (χ0n) is 30.4. The molecule has 262 valence electrons. The zero-order chi connectivity index (χ0) is 37.3. The van der Waals surface area contributed by atoms with E-state index in [1.165, 1.54) is 27.1 Å². The van der Waals surface area contributed by atoms with E-state index >= 15 is 0 Å². The Morgan fingerprint density at radius 3 is 1.16 bits per heavy atom. The summed E-state index contributed by atoms with van der Waals surface area (Å²) in [6.45, 7) is 0. The quantitative estimate of drug-likeness (QED) is 0.154. The van der Waals surface area contributed by atoms with Crippen LogP contribution < -0.4 is 0 Å². The monoisotopic (exact) mass is 714 g/mol. The highest BCUT2D eigenvalue weighted by molar-refractivity contribution is 6.14. The molecule has 0 N–H and O–H groups in total. The van der Waals surface area contributed by atoms with Crippen molar-refractivity contribution in [3.8, 4) is 77.9 Å². The Bertz CT molecular complexity index is 2880. The smallest absolute Gasteiger partial charge is 0.0346 e. The van der Waals surface area contributed by atoms with E-state index in [0.717, 1.165) is 72.3 Å². The van der Waals surface area contributed by atoms with E-state index in [9.17, 15) is 0 Å². The molecule has 56 heavy (non-hydrogen) atoms. The van der Waals surface area contributed by atoms with Crippen molar-refractivity contribution in [2.45, 2.75) is 0 Å². The molecule has 10 aromatic rings. The molecule has 0 aliphatic carbocycles. The van der Waals surface area contributed by atoms with Gasteiger partial charge in [0.25, 0.3) is 0 Å². The van der Waals surface area contributed by atoms with Crippen LogP contribution in [0, 0.1) is 0 Å². The number of fused-ring (bicyclic) bond motifs is 3. The van der Waals surface area contributed by atoms with Gasteiger partial charge in [0, 0.05) is 71.8 Å². The second-order valence-electron chi connectivity index (χ2n) is 14.0. The van der Waals surface area contributed by atoms with Crippen LogP contribution in [0.2, 0.25) is 0 Å². The summed E-state index contributed by atoms with van der Waals surface area (Å²) in [5.74, 6) is 0. The summed E-state index contributed by atoms with van der Waals surface area (Å²) in [5.41, 5.74) is 15.6. The summed E-state index contributed by atoms with van der Waals surface area (Å²) in [6, 6.07) is 56.9. The largest absolute Gasteiger partial charge is 0.265 e. The van der Waals surface area contributed by atoms with Gasteiger partial charge in [-0.2, -0.15) is 0 Å². The second kappa shape index (κ2) is 14.3. The Kier molecular flexibility index (Phi) is 8.47. The highest BCUT2D eigenvalue weighted by atomic mass is 14.6. The summed E-state index contributed by atoms with van der Waals surface area (Å²) in [6.07, 6.45) is 15.0. The lowest BCUT2D eigenvalue weighted by Gasteiger charge is -2.16. The van der Waals surface area contributed by atoms with Gasteiger partial charge in [-0.15, -0.1) is 0 Å². The van der Waals surface area contributed by atoms with Crippen molar-refractivity contribution >= 4 is 21.5 Å². The van der Waals surface area contributed by atoms with Crippen LogP contribution in [-0.4, -0.2) is 19.9 Å². The minimum absolute atomic E-state index is 1.06. The van der Waals surface area contributed by atoms with E-state index < -0.39 is 0 Å². The molecule has 4 aromatic heterocycles. The van der Waals surface area contributed by atoms with Crippen LogP contribution in [0.5, 0.6) is 0 Å². The first-order chi connectivity index (χ1) is 27.7. The number of rotatable bonds is 7. The van der Waals surface area contributed by atoms with Gasteiger partial charge in [0.1, 0.15) is 0 Å². The Morgan fingerprint density at radius 1 is 0.232 bits per heavy atom. The van der Waals surface area contributed by atoms with Crippen molar-refractivity contribution in [2.24, 2.45) is 0 Å². The third-order valence-corrected chi connectivity index (χ3v) is 10.6. The third-order valence-electron chi connectivity index (χ3n) is 10.6. The van der Waals surface area contributed by atoms with Gasteiger partial charge in [0.2, 0.25) is 0 Å². The number of aromatic nitrogens is 4. The molecule has 4 nitrogen and oxygen atoms in total. The Labute approximate surface area is 325 Å². The van der Waals surface area contributed by atoms with Crippen molar-refractivity contribution in [1.29, 1.82) is 0 Å². The first kappa shape index (κ1) is 33.0. The van der Waals surface area contributed by atoms with Crippen LogP contribution in [-0.2, 0) is 0 Å². The fourth-order valence-electron chi connectivity index (χ4n) is 7.77. The highest BCUT2D eigenvalue weighted by Crippen LogP contribution is 2.40. The maximum Gasteiger partial charge on any atom is 0.0346 e. The summed E-state index contributed by atoms with van der Waals surface area (Å²) in [7, 11) is 0. The number of hydrogen-bond donors (Lipinski definition) is 0. The zero-order valence-corrected chi connectivity index (χ0v) is 30.4. The van der Waals surface area contributed by atoms with Gasteiger partial charge in [-0.05, 0) is 150 Å². The van der Waals surface area contributed by atoms with Crippen molar-refractivity contribution < 1.29 is 0 Å². The number of hydrogen-bond acceptors (Lipinski definition) is 4. The van der Waals surface area contributed by atoms with Crippen molar-refractivity contribution in [1.82, 2.24) is 19.9 Å². The maximum absolute atomic E-state index is 4.63. The van der Waals surface area contributed by atoms with Crippen molar-refractivity contribution in [2.75, 3.05) is 0 Å². The Hall–Kier alpha value is -7.56. The summed E-state index contributed by atoms with van der Waals surface area (Å²) in [4.78, 5) is 17.7. The van der Waals surface area contributed by atoms with Crippen LogP contribution in [0.25, 0.3) is 99.4 Å². The maximum atomic E-state index is 4.63. The van der Waals surface area contributed by atoms with Gasteiger partial charge in [-0.25, -0.2) is 0 Å². The van der Waals surface area contributed by atoms with Gasteiger partial charge in [0.15, 0.2) is 0 Å². The molecule has 4 heteroatoms. The van der Waals surface area contributed by atoms with Crippen LogP contribution in [0.1, 0.15) is 0 Å². The van der Waals surface area contributed by atoms with Crippen molar-refractivity contribution in [3.05, 3.63) is 207 Å². The summed E-state index contributed by atoms with van der Waals surface area (Å²) < 4.78 is 0.